The van der Waals surface area contributed by atoms with Crippen molar-refractivity contribution in [2.45, 2.75) is 13.0 Å². The number of nitrogens with zero attached hydrogens (tertiary/aromatic N) is 1. The second-order valence-electron chi connectivity index (χ2n) is 6.56. The quantitative estimate of drug-likeness (QED) is 0.654. The van der Waals surface area contributed by atoms with Gasteiger partial charge in [0.05, 0.1) is 14.2 Å². The van der Waals surface area contributed by atoms with Gasteiger partial charge in [-0.2, -0.15) is 0 Å². The molecule has 0 aromatic heterocycles. The highest BCUT2D eigenvalue weighted by atomic mass is 16.5. The van der Waals surface area contributed by atoms with Gasteiger partial charge in [0.2, 0.25) is 0 Å². The van der Waals surface area contributed by atoms with E-state index in [2.05, 4.69) is 47.4 Å². The molecule has 0 aliphatic carbocycles. The maximum absolute atomic E-state index is 5.30. The normalized spacial score (nSPS) is 12.8. The maximum Gasteiger partial charge on any atom is 0.118 e. The van der Waals surface area contributed by atoms with Crippen LogP contribution >= 0.6 is 0 Å². The highest BCUT2D eigenvalue weighted by molar-refractivity contribution is 5.82. The molecular weight excluding hydrogens is 322 g/mol. The fourth-order valence-electron chi connectivity index (χ4n) is 3.65. The number of hydrogen-bond acceptors (Lipinski definition) is 3. The average molecular weight is 345 g/mol. The molecule has 0 amide bonds. The van der Waals surface area contributed by atoms with Crippen molar-refractivity contribution in [2.75, 3.05) is 25.7 Å². The average Bonchev–Trinajstić information content (AvgIpc) is 3.12. The molecule has 3 nitrogen and oxygen atoms in total. The Hall–Kier alpha value is -2.94. The number of fused-ring (bicyclic) bond motifs is 1. The molecule has 4 rings (SSSR count). The molecule has 132 valence electrons. The van der Waals surface area contributed by atoms with Gasteiger partial charge >= 0.3 is 0 Å². The van der Waals surface area contributed by atoms with Gasteiger partial charge in [-0.15, -0.1) is 0 Å². The molecule has 1 heterocycles. The Morgan fingerprint density at radius 2 is 1.46 bits per heavy atom. The van der Waals surface area contributed by atoms with Crippen molar-refractivity contribution >= 4 is 5.69 Å². The lowest BCUT2D eigenvalue weighted by atomic mass is 10.00. The van der Waals surface area contributed by atoms with E-state index in [9.17, 15) is 0 Å². The number of ether oxygens (including phenoxy) is 2. The summed E-state index contributed by atoms with van der Waals surface area (Å²) in [6.07, 6.45) is 1.09. The first-order valence-electron chi connectivity index (χ1n) is 8.92. The lowest BCUT2D eigenvalue weighted by Crippen LogP contribution is -2.20. The van der Waals surface area contributed by atoms with Crippen molar-refractivity contribution in [3.63, 3.8) is 0 Å². The van der Waals surface area contributed by atoms with E-state index in [1.807, 2.05) is 24.3 Å². The van der Waals surface area contributed by atoms with Crippen molar-refractivity contribution in [3.05, 3.63) is 77.9 Å². The summed E-state index contributed by atoms with van der Waals surface area (Å²) < 4.78 is 10.6. The topological polar surface area (TPSA) is 21.7 Å². The van der Waals surface area contributed by atoms with Gasteiger partial charge in [-0.1, -0.05) is 42.5 Å². The van der Waals surface area contributed by atoms with Crippen LogP contribution in [0.3, 0.4) is 0 Å². The third-order valence-electron chi connectivity index (χ3n) is 5.02. The van der Waals surface area contributed by atoms with Crippen molar-refractivity contribution in [2.24, 2.45) is 0 Å². The molecule has 0 radical (unpaired) electrons. The predicted octanol–water partition coefficient (Wildman–Crippen LogP) is 4.93. The summed E-state index contributed by atoms with van der Waals surface area (Å²) in [6.45, 7) is 1.96. The van der Waals surface area contributed by atoms with E-state index in [0.717, 1.165) is 31.0 Å². The van der Waals surface area contributed by atoms with Crippen LogP contribution in [0.5, 0.6) is 11.5 Å². The minimum atomic E-state index is 0.886. The van der Waals surface area contributed by atoms with Gasteiger partial charge < -0.3 is 14.4 Å². The number of hydrogen-bond donors (Lipinski definition) is 0. The lowest BCUT2D eigenvalue weighted by molar-refractivity contribution is 0.414. The fourth-order valence-corrected chi connectivity index (χ4v) is 3.65. The Labute approximate surface area is 154 Å². The van der Waals surface area contributed by atoms with E-state index in [1.165, 1.54) is 27.9 Å². The number of anilines is 1. The molecule has 1 aliphatic heterocycles. The van der Waals surface area contributed by atoms with Crippen LogP contribution < -0.4 is 14.4 Å². The minimum Gasteiger partial charge on any atom is -0.497 e. The zero-order valence-corrected chi connectivity index (χ0v) is 15.2. The zero-order valence-electron chi connectivity index (χ0n) is 15.2. The third kappa shape index (κ3) is 3.13. The van der Waals surface area contributed by atoms with Crippen molar-refractivity contribution in [1.29, 1.82) is 0 Å². The monoisotopic (exact) mass is 345 g/mol. The summed E-state index contributed by atoms with van der Waals surface area (Å²) >= 11 is 0. The van der Waals surface area contributed by atoms with E-state index in [-0.39, 0.29) is 0 Å². The Morgan fingerprint density at radius 3 is 2.12 bits per heavy atom. The summed E-state index contributed by atoms with van der Waals surface area (Å²) in [5, 5.41) is 0. The lowest BCUT2D eigenvalue weighted by Gasteiger charge is -2.23. The maximum atomic E-state index is 5.30. The molecule has 0 spiro atoms. The molecular formula is C23H23NO2. The molecule has 0 fully saturated rings. The largest absolute Gasteiger partial charge is 0.497 e. The van der Waals surface area contributed by atoms with Crippen LogP contribution in [0.15, 0.2) is 66.7 Å². The van der Waals surface area contributed by atoms with Crippen molar-refractivity contribution in [3.8, 4) is 22.6 Å². The number of rotatable bonds is 5. The molecule has 3 aromatic carbocycles. The summed E-state index contributed by atoms with van der Waals surface area (Å²) in [7, 11) is 3.40. The first kappa shape index (κ1) is 16.5. The van der Waals surface area contributed by atoms with Gasteiger partial charge in [0.25, 0.3) is 0 Å². The molecule has 26 heavy (non-hydrogen) atoms. The van der Waals surface area contributed by atoms with Gasteiger partial charge in [0.15, 0.2) is 0 Å². The Bertz CT molecular complexity index is 885. The van der Waals surface area contributed by atoms with Gasteiger partial charge in [0.1, 0.15) is 11.5 Å². The Morgan fingerprint density at radius 1 is 0.808 bits per heavy atom. The summed E-state index contributed by atoms with van der Waals surface area (Å²) in [4.78, 5) is 2.48. The van der Waals surface area contributed by atoms with Crippen LogP contribution in [0.1, 0.15) is 11.1 Å². The molecule has 0 saturated heterocycles. The smallest absolute Gasteiger partial charge is 0.118 e. The van der Waals surface area contributed by atoms with Crippen LogP contribution in [-0.2, 0) is 13.0 Å². The van der Waals surface area contributed by atoms with Gasteiger partial charge in [0, 0.05) is 24.3 Å². The van der Waals surface area contributed by atoms with Crippen LogP contribution in [0.25, 0.3) is 11.1 Å². The van der Waals surface area contributed by atoms with Crippen LogP contribution in [0.4, 0.5) is 5.69 Å². The zero-order chi connectivity index (χ0) is 17.9. The molecule has 0 atom stereocenters. The predicted molar refractivity (Wildman–Crippen MR) is 106 cm³/mol. The first-order valence-corrected chi connectivity index (χ1v) is 8.92. The SMILES string of the molecule is COc1ccc(CN2CCc3cccc(-c4ccc(OC)cc4)c32)cc1. The van der Waals surface area contributed by atoms with Crippen molar-refractivity contribution < 1.29 is 9.47 Å². The van der Waals surface area contributed by atoms with Crippen LogP contribution in [0, 0.1) is 0 Å². The highest BCUT2D eigenvalue weighted by Gasteiger charge is 2.23. The number of methoxy groups -OCH3 is 2. The molecule has 0 unspecified atom stereocenters. The van der Waals surface area contributed by atoms with E-state index in [1.54, 1.807) is 14.2 Å². The number of para-hydroxylation sites is 1. The second kappa shape index (κ2) is 7.12. The summed E-state index contributed by atoms with van der Waals surface area (Å²) in [5.41, 5.74) is 6.59. The van der Waals surface area contributed by atoms with Crippen molar-refractivity contribution in [1.82, 2.24) is 0 Å². The van der Waals surface area contributed by atoms with Gasteiger partial charge in [-0.25, -0.2) is 0 Å². The first-order chi connectivity index (χ1) is 12.8. The molecule has 1 aliphatic rings. The Balaban J connectivity index is 1.66. The van der Waals surface area contributed by atoms with Gasteiger partial charge in [-0.3, -0.25) is 0 Å². The third-order valence-corrected chi connectivity index (χ3v) is 5.02. The van der Waals surface area contributed by atoms with E-state index < -0.39 is 0 Å². The van der Waals surface area contributed by atoms with E-state index >= 15 is 0 Å². The molecule has 3 heteroatoms. The van der Waals surface area contributed by atoms with Crippen LogP contribution in [0.2, 0.25) is 0 Å². The molecule has 0 N–H and O–H groups in total. The summed E-state index contributed by atoms with van der Waals surface area (Å²) in [6, 6.07) is 23.3. The van der Waals surface area contributed by atoms with Gasteiger partial charge in [-0.05, 0) is 47.4 Å². The molecule has 3 aromatic rings. The standard InChI is InChI=1S/C23H23NO2/c1-25-20-10-6-17(7-11-20)16-24-15-14-19-4-3-5-22(23(19)24)18-8-12-21(26-2)13-9-18/h3-13H,14-16H2,1-2H3. The highest BCUT2D eigenvalue weighted by Crippen LogP contribution is 2.39. The van der Waals surface area contributed by atoms with Crippen LogP contribution in [-0.4, -0.2) is 20.8 Å². The molecule has 0 bridgehead atoms. The summed E-state index contributed by atoms with van der Waals surface area (Å²) in [5.74, 6) is 1.78. The van der Waals surface area contributed by atoms with E-state index in [4.69, 9.17) is 9.47 Å². The number of benzene rings is 3. The fraction of sp³-hybridized carbons (Fsp3) is 0.217. The van der Waals surface area contributed by atoms with E-state index in [0.29, 0.717) is 0 Å². The molecule has 0 saturated carbocycles. The minimum absolute atomic E-state index is 0.886. The Kier molecular flexibility index (Phi) is 4.53. The second-order valence-corrected chi connectivity index (χ2v) is 6.56.